The summed E-state index contributed by atoms with van der Waals surface area (Å²) in [4.78, 5) is 14.0. The minimum atomic E-state index is -0.298. The van der Waals surface area contributed by atoms with Gasteiger partial charge in [-0.05, 0) is 31.5 Å². The van der Waals surface area contributed by atoms with Crippen molar-refractivity contribution in [3.63, 3.8) is 0 Å². The zero-order valence-corrected chi connectivity index (χ0v) is 11.9. The molecule has 1 aliphatic heterocycles. The lowest BCUT2D eigenvalue weighted by Gasteiger charge is -2.41. The first-order valence-electron chi connectivity index (χ1n) is 6.06. The third-order valence-corrected chi connectivity index (χ3v) is 3.69. The molecule has 2 rings (SSSR count). The van der Waals surface area contributed by atoms with Gasteiger partial charge in [0.2, 0.25) is 5.91 Å². The molecule has 1 amide bonds. The third-order valence-electron chi connectivity index (χ3n) is 3.19. The first kappa shape index (κ1) is 13.4. The second-order valence-electron chi connectivity index (χ2n) is 4.51. The van der Waals surface area contributed by atoms with Gasteiger partial charge in [-0.1, -0.05) is 22.0 Å². The fourth-order valence-corrected chi connectivity index (χ4v) is 2.75. The van der Waals surface area contributed by atoms with Crippen LogP contribution in [0.1, 0.15) is 13.3 Å². The van der Waals surface area contributed by atoms with Crippen molar-refractivity contribution in [3.8, 4) is 0 Å². The number of aliphatic hydroxyl groups excluding tert-OH is 1. The monoisotopic (exact) mass is 312 g/mol. The van der Waals surface area contributed by atoms with Crippen LogP contribution < -0.4 is 10.2 Å². The van der Waals surface area contributed by atoms with Crippen molar-refractivity contribution < 1.29 is 9.90 Å². The smallest absolute Gasteiger partial charge is 0.242 e. The molecule has 98 valence electrons. The molecule has 0 aromatic heterocycles. The van der Waals surface area contributed by atoms with Gasteiger partial charge < -0.3 is 15.3 Å². The van der Waals surface area contributed by atoms with E-state index in [1.165, 1.54) is 0 Å². The first-order valence-corrected chi connectivity index (χ1v) is 6.85. The van der Waals surface area contributed by atoms with Crippen molar-refractivity contribution in [2.24, 2.45) is 0 Å². The molecule has 2 N–H and O–H groups in total. The number of aliphatic hydroxyl groups is 1. The second kappa shape index (κ2) is 5.71. The average Bonchev–Trinajstić information content (AvgIpc) is 2.34. The highest BCUT2D eigenvalue weighted by Gasteiger charge is 2.33. The molecule has 0 bridgehead atoms. The molecule has 1 aliphatic rings. The molecule has 0 radical (unpaired) electrons. The van der Waals surface area contributed by atoms with Crippen molar-refractivity contribution in [3.05, 3.63) is 28.7 Å². The summed E-state index contributed by atoms with van der Waals surface area (Å²) in [5.41, 5.74) is 1.00. The van der Waals surface area contributed by atoms with Gasteiger partial charge >= 0.3 is 0 Å². The molecule has 5 heteroatoms. The maximum Gasteiger partial charge on any atom is 0.242 e. The number of hydrogen-bond donors (Lipinski definition) is 2. The highest BCUT2D eigenvalue weighted by atomic mass is 79.9. The summed E-state index contributed by atoms with van der Waals surface area (Å²) in [6.45, 7) is 2.72. The van der Waals surface area contributed by atoms with Crippen LogP contribution in [0, 0.1) is 0 Å². The Hall–Kier alpha value is -1.07. The van der Waals surface area contributed by atoms with Crippen LogP contribution in [-0.4, -0.2) is 36.2 Å². The van der Waals surface area contributed by atoms with E-state index in [0.717, 1.165) is 10.2 Å². The van der Waals surface area contributed by atoms with E-state index in [-0.39, 0.29) is 24.6 Å². The summed E-state index contributed by atoms with van der Waals surface area (Å²) in [7, 11) is 0. The van der Waals surface area contributed by atoms with Crippen LogP contribution in [0.2, 0.25) is 0 Å². The number of anilines is 1. The Balaban J connectivity index is 2.33. The zero-order chi connectivity index (χ0) is 13.1. The Morgan fingerprint density at radius 1 is 1.56 bits per heavy atom. The number of halogens is 1. The maximum atomic E-state index is 11.9. The van der Waals surface area contributed by atoms with Crippen LogP contribution >= 0.6 is 15.9 Å². The van der Waals surface area contributed by atoms with Gasteiger partial charge in [0, 0.05) is 29.4 Å². The topological polar surface area (TPSA) is 52.6 Å². The van der Waals surface area contributed by atoms with Gasteiger partial charge in [-0.3, -0.25) is 4.79 Å². The Kier molecular flexibility index (Phi) is 4.24. The molecule has 1 saturated heterocycles. The lowest BCUT2D eigenvalue weighted by molar-refractivity contribution is -0.124. The number of benzene rings is 1. The summed E-state index contributed by atoms with van der Waals surface area (Å²) < 4.78 is 0.987. The molecule has 2 unspecified atom stereocenters. The fraction of sp³-hybridized carbons (Fsp3) is 0.462. The molecule has 1 aromatic carbocycles. The number of rotatable bonds is 3. The molecule has 18 heavy (non-hydrogen) atoms. The summed E-state index contributed by atoms with van der Waals surface area (Å²) in [5.74, 6) is -0.0119. The SMILES string of the molecule is CC1CNC(=O)C(CCO)N1c1cccc(Br)c1. The van der Waals surface area contributed by atoms with Crippen LogP contribution in [-0.2, 0) is 4.79 Å². The van der Waals surface area contributed by atoms with E-state index in [4.69, 9.17) is 5.11 Å². The maximum absolute atomic E-state index is 11.9. The normalized spacial score (nSPS) is 23.9. The minimum Gasteiger partial charge on any atom is -0.396 e. The summed E-state index contributed by atoms with van der Waals surface area (Å²) in [5, 5.41) is 12.0. The van der Waals surface area contributed by atoms with E-state index >= 15 is 0 Å². The molecule has 0 aliphatic carbocycles. The molecule has 4 nitrogen and oxygen atoms in total. The summed E-state index contributed by atoms with van der Waals surface area (Å²) in [6, 6.07) is 7.82. The van der Waals surface area contributed by atoms with E-state index < -0.39 is 0 Å². The molecule has 0 spiro atoms. The van der Waals surface area contributed by atoms with Gasteiger partial charge in [-0.25, -0.2) is 0 Å². The molecule has 0 saturated carbocycles. The van der Waals surface area contributed by atoms with Crippen LogP contribution in [0.25, 0.3) is 0 Å². The number of amides is 1. The number of piperazine rings is 1. The minimum absolute atomic E-state index is 0.00924. The van der Waals surface area contributed by atoms with Gasteiger partial charge in [0.1, 0.15) is 6.04 Å². The third kappa shape index (κ3) is 2.67. The molecular weight excluding hydrogens is 296 g/mol. The van der Waals surface area contributed by atoms with E-state index in [1.54, 1.807) is 0 Å². The van der Waals surface area contributed by atoms with Crippen molar-refractivity contribution in [1.29, 1.82) is 0 Å². The number of carbonyl (C=O) groups is 1. The fourth-order valence-electron chi connectivity index (χ4n) is 2.36. The largest absolute Gasteiger partial charge is 0.396 e. The molecule has 2 atom stereocenters. The van der Waals surface area contributed by atoms with Gasteiger partial charge in [-0.2, -0.15) is 0 Å². The Morgan fingerprint density at radius 3 is 3.00 bits per heavy atom. The van der Waals surface area contributed by atoms with Gasteiger partial charge in [0.25, 0.3) is 0 Å². The van der Waals surface area contributed by atoms with E-state index in [2.05, 4.69) is 33.1 Å². The van der Waals surface area contributed by atoms with Crippen LogP contribution in [0.4, 0.5) is 5.69 Å². The number of carbonyl (C=O) groups excluding carboxylic acids is 1. The standard InChI is InChI=1S/C13H17BrN2O2/c1-9-8-15-13(18)12(5-6-17)16(9)11-4-2-3-10(14)7-11/h2-4,7,9,12,17H,5-6,8H2,1H3,(H,15,18). The lowest BCUT2D eigenvalue weighted by Crippen LogP contribution is -2.60. The Labute approximate surface area is 115 Å². The molecule has 1 fully saturated rings. The van der Waals surface area contributed by atoms with Gasteiger partial charge in [0.05, 0.1) is 0 Å². The van der Waals surface area contributed by atoms with Crippen molar-refractivity contribution in [2.45, 2.75) is 25.4 Å². The lowest BCUT2D eigenvalue weighted by atomic mass is 10.0. The van der Waals surface area contributed by atoms with Crippen molar-refractivity contribution in [2.75, 3.05) is 18.1 Å². The Morgan fingerprint density at radius 2 is 2.33 bits per heavy atom. The molecule has 1 heterocycles. The van der Waals surface area contributed by atoms with Crippen LogP contribution in [0.5, 0.6) is 0 Å². The predicted octanol–water partition coefficient (Wildman–Crippen LogP) is 1.52. The van der Waals surface area contributed by atoms with Crippen LogP contribution in [0.15, 0.2) is 28.7 Å². The number of hydrogen-bond acceptors (Lipinski definition) is 3. The first-order chi connectivity index (χ1) is 8.63. The van der Waals surface area contributed by atoms with Gasteiger partial charge in [0.15, 0.2) is 0 Å². The molecule has 1 aromatic rings. The van der Waals surface area contributed by atoms with E-state index in [9.17, 15) is 4.79 Å². The average molecular weight is 313 g/mol. The number of nitrogens with one attached hydrogen (secondary N) is 1. The highest BCUT2D eigenvalue weighted by Crippen LogP contribution is 2.26. The number of nitrogens with zero attached hydrogens (tertiary/aromatic N) is 1. The van der Waals surface area contributed by atoms with Crippen molar-refractivity contribution in [1.82, 2.24) is 5.32 Å². The zero-order valence-electron chi connectivity index (χ0n) is 10.3. The second-order valence-corrected chi connectivity index (χ2v) is 5.43. The summed E-state index contributed by atoms with van der Waals surface area (Å²) in [6.07, 6.45) is 0.447. The Bertz CT molecular complexity index is 439. The summed E-state index contributed by atoms with van der Waals surface area (Å²) >= 11 is 3.45. The predicted molar refractivity (Wildman–Crippen MR) is 74.6 cm³/mol. The van der Waals surface area contributed by atoms with Crippen molar-refractivity contribution >= 4 is 27.5 Å². The molecular formula is C13H17BrN2O2. The van der Waals surface area contributed by atoms with E-state index in [1.807, 2.05) is 24.3 Å². The van der Waals surface area contributed by atoms with Gasteiger partial charge in [-0.15, -0.1) is 0 Å². The van der Waals surface area contributed by atoms with Crippen LogP contribution in [0.3, 0.4) is 0 Å². The van der Waals surface area contributed by atoms with E-state index in [0.29, 0.717) is 13.0 Å². The highest BCUT2D eigenvalue weighted by molar-refractivity contribution is 9.10. The quantitative estimate of drug-likeness (QED) is 0.890.